The van der Waals surface area contributed by atoms with Crippen LogP contribution in [0.2, 0.25) is 0 Å². The van der Waals surface area contributed by atoms with Crippen molar-refractivity contribution in [2.75, 3.05) is 7.05 Å². The van der Waals surface area contributed by atoms with Crippen molar-refractivity contribution in [1.82, 2.24) is 10.3 Å². The number of aromatic nitrogens is 1. The molecule has 3 aromatic rings. The summed E-state index contributed by atoms with van der Waals surface area (Å²) < 4.78 is 29.9. The van der Waals surface area contributed by atoms with Crippen LogP contribution >= 0.6 is 0 Å². The smallest absolute Gasteiger partial charge is 0.297 e. The Kier molecular flexibility index (Phi) is 4.03. The molecule has 0 unspecified atom stereocenters. The molecule has 6 heteroatoms. The maximum absolute atomic E-state index is 15.0. The molecule has 4 nitrogen and oxygen atoms in total. The molecule has 0 aliphatic carbocycles. The molecule has 2 aromatic carbocycles. The number of benzene rings is 2. The van der Waals surface area contributed by atoms with Gasteiger partial charge in [-0.3, -0.25) is 14.8 Å². The predicted octanol–water partition coefficient (Wildman–Crippen LogP) is 4.32. The molecular formula is C22H19F2N3O. The van der Waals surface area contributed by atoms with E-state index in [0.29, 0.717) is 33.3 Å². The fourth-order valence-electron chi connectivity index (χ4n) is 3.55. The maximum atomic E-state index is 15.0. The van der Waals surface area contributed by atoms with Gasteiger partial charge in [0.05, 0.1) is 16.8 Å². The number of aliphatic imine (C=N–C) groups is 1. The van der Waals surface area contributed by atoms with Crippen molar-refractivity contribution >= 4 is 22.5 Å². The van der Waals surface area contributed by atoms with Crippen LogP contribution in [0.25, 0.3) is 10.9 Å². The number of carbonyl (C=O) groups excluding carboxylic acids is 1. The van der Waals surface area contributed by atoms with Crippen molar-refractivity contribution in [2.45, 2.75) is 25.3 Å². The molecule has 0 bridgehead atoms. The molecule has 0 fully saturated rings. The summed E-state index contributed by atoms with van der Waals surface area (Å²) >= 11 is 0. The highest BCUT2D eigenvalue weighted by atomic mass is 19.3. The van der Waals surface area contributed by atoms with Crippen LogP contribution < -0.4 is 5.32 Å². The van der Waals surface area contributed by atoms with Gasteiger partial charge in [0.2, 0.25) is 0 Å². The van der Waals surface area contributed by atoms with Gasteiger partial charge in [-0.2, -0.15) is 8.78 Å². The fourth-order valence-corrected chi connectivity index (χ4v) is 3.55. The second-order valence-corrected chi connectivity index (χ2v) is 7.31. The third-order valence-electron chi connectivity index (χ3n) is 5.17. The van der Waals surface area contributed by atoms with Gasteiger partial charge in [0, 0.05) is 35.3 Å². The van der Waals surface area contributed by atoms with Crippen LogP contribution in [0.1, 0.15) is 40.9 Å². The van der Waals surface area contributed by atoms with Crippen LogP contribution in [0.4, 0.5) is 8.78 Å². The number of hydrogen-bond donors (Lipinski definition) is 1. The molecule has 1 N–H and O–H groups in total. The Labute approximate surface area is 161 Å². The van der Waals surface area contributed by atoms with Crippen LogP contribution in [-0.4, -0.2) is 29.2 Å². The predicted molar refractivity (Wildman–Crippen MR) is 105 cm³/mol. The molecular weight excluding hydrogens is 360 g/mol. The van der Waals surface area contributed by atoms with E-state index in [1.54, 1.807) is 55.7 Å². The van der Waals surface area contributed by atoms with Gasteiger partial charge in [-0.1, -0.05) is 30.3 Å². The van der Waals surface area contributed by atoms with Crippen molar-refractivity contribution in [3.63, 3.8) is 0 Å². The van der Waals surface area contributed by atoms with E-state index in [0.717, 1.165) is 0 Å². The Morgan fingerprint density at radius 1 is 1.07 bits per heavy atom. The summed E-state index contributed by atoms with van der Waals surface area (Å²) in [5.74, 6) is -3.32. The van der Waals surface area contributed by atoms with Gasteiger partial charge in [-0.25, -0.2) is 0 Å². The minimum Gasteiger partial charge on any atom is -0.355 e. The summed E-state index contributed by atoms with van der Waals surface area (Å²) in [6.07, 6.45) is 1.57. The number of nitrogens with one attached hydrogen (secondary N) is 1. The summed E-state index contributed by atoms with van der Waals surface area (Å²) in [7, 11) is 1.56. The van der Waals surface area contributed by atoms with Crippen molar-refractivity contribution in [2.24, 2.45) is 4.99 Å². The largest absolute Gasteiger partial charge is 0.355 e. The topological polar surface area (TPSA) is 54.4 Å². The molecule has 1 aromatic heterocycles. The van der Waals surface area contributed by atoms with E-state index in [1.807, 2.05) is 0 Å². The Balaban J connectivity index is 1.97. The average molecular weight is 379 g/mol. The number of hydrogen-bond acceptors (Lipinski definition) is 3. The fraction of sp³-hybridized carbons (Fsp3) is 0.227. The normalized spacial score (nSPS) is 17.0. The number of alkyl halides is 2. The third kappa shape index (κ3) is 2.59. The Morgan fingerprint density at radius 3 is 2.57 bits per heavy atom. The summed E-state index contributed by atoms with van der Waals surface area (Å²) in [4.78, 5) is 21.0. The second kappa shape index (κ2) is 6.19. The number of rotatable bonds is 2. The van der Waals surface area contributed by atoms with E-state index >= 15 is 0 Å². The highest BCUT2D eigenvalue weighted by molar-refractivity contribution is 6.17. The molecule has 1 amide bonds. The zero-order valence-corrected chi connectivity index (χ0v) is 15.8. The summed E-state index contributed by atoms with van der Waals surface area (Å²) in [5, 5.41) is 3.26. The number of amides is 1. The number of halogens is 2. The zero-order valence-electron chi connectivity index (χ0n) is 15.8. The number of pyridine rings is 1. The van der Waals surface area contributed by atoms with E-state index in [9.17, 15) is 13.6 Å². The van der Waals surface area contributed by atoms with E-state index in [2.05, 4.69) is 15.3 Å². The molecule has 0 spiro atoms. The number of fused-ring (bicyclic) bond motifs is 2. The SMILES string of the molecule is CNC(=O)c1ccnc2ccc(C3=NC(C)(C)C(F)(F)c4ccccc43)cc12. The molecule has 142 valence electrons. The number of nitrogens with zero attached hydrogens (tertiary/aromatic N) is 2. The lowest BCUT2D eigenvalue weighted by Crippen LogP contribution is -2.44. The lowest BCUT2D eigenvalue weighted by molar-refractivity contribution is -0.0681. The van der Waals surface area contributed by atoms with Crippen molar-refractivity contribution in [3.05, 3.63) is 77.0 Å². The van der Waals surface area contributed by atoms with Gasteiger partial charge in [-0.05, 0) is 32.0 Å². The average Bonchev–Trinajstić information content (AvgIpc) is 2.69. The van der Waals surface area contributed by atoms with Crippen LogP contribution in [0.3, 0.4) is 0 Å². The monoisotopic (exact) mass is 379 g/mol. The Hall–Kier alpha value is -3.15. The molecule has 1 aliphatic rings. The highest BCUT2D eigenvalue weighted by Crippen LogP contribution is 2.46. The molecule has 0 saturated carbocycles. The maximum Gasteiger partial charge on any atom is 0.297 e. The first-order valence-corrected chi connectivity index (χ1v) is 8.95. The van der Waals surface area contributed by atoms with Gasteiger partial charge in [0.1, 0.15) is 5.54 Å². The van der Waals surface area contributed by atoms with Gasteiger partial charge in [0.25, 0.3) is 11.8 Å². The van der Waals surface area contributed by atoms with Crippen molar-refractivity contribution in [3.8, 4) is 0 Å². The van der Waals surface area contributed by atoms with Crippen LogP contribution in [0, 0.1) is 0 Å². The van der Waals surface area contributed by atoms with E-state index in [4.69, 9.17) is 0 Å². The summed E-state index contributed by atoms with van der Waals surface area (Å²) in [6.45, 7) is 2.86. The number of carbonyl (C=O) groups is 1. The minimum absolute atomic E-state index is 0.0391. The second-order valence-electron chi connectivity index (χ2n) is 7.31. The van der Waals surface area contributed by atoms with Gasteiger partial charge in [0.15, 0.2) is 0 Å². The summed E-state index contributed by atoms with van der Waals surface area (Å²) in [5.41, 5.74) is 1.05. The molecule has 28 heavy (non-hydrogen) atoms. The highest BCUT2D eigenvalue weighted by Gasteiger charge is 2.52. The molecule has 0 saturated heterocycles. The minimum atomic E-state index is -3.08. The first kappa shape index (κ1) is 18.2. The third-order valence-corrected chi connectivity index (χ3v) is 5.17. The van der Waals surface area contributed by atoms with E-state index in [1.165, 1.54) is 19.9 Å². The standard InChI is InChI=1S/C22H19F2N3O/c1-21(2)22(23,24)17-7-5-4-6-15(17)19(27-21)13-8-9-18-16(12-13)14(10-11-26-18)20(28)25-3/h4-12H,1-3H3,(H,25,28). The van der Waals surface area contributed by atoms with Crippen LogP contribution in [-0.2, 0) is 5.92 Å². The zero-order chi connectivity index (χ0) is 20.1. The molecule has 2 heterocycles. The van der Waals surface area contributed by atoms with Crippen LogP contribution in [0.15, 0.2) is 59.7 Å². The van der Waals surface area contributed by atoms with Crippen molar-refractivity contribution < 1.29 is 13.6 Å². The first-order chi connectivity index (χ1) is 13.3. The molecule has 0 radical (unpaired) electrons. The van der Waals surface area contributed by atoms with Gasteiger partial charge < -0.3 is 5.32 Å². The Morgan fingerprint density at radius 2 is 1.82 bits per heavy atom. The first-order valence-electron chi connectivity index (χ1n) is 8.95. The van der Waals surface area contributed by atoms with Gasteiger partial charge in [-0.15, -0.1) is 0 Å². The Bertz CT molecular complexity index is 1140. The lowest BCUT2D eigenvalue weighted by Gasteiger charge is -2.37. The van der Waals surface area contributed by atoms with Crippen molar-refractivity contribution in [1.29, 1.82) is 0 Å². The summed E-state index contributed by atoms with van der Waals surface area (Å²) in [6, 6.07) is 13.5. The lowest BCUT2D eigenvalue weighted by atomic mass is 9.81. The molecule has 4 rings (SSSR count). The molecule has 1 aliphatic heterocycles. The van der Waals surface area contributed by atoms with Crippen LogP contribution in [0.5, 0.6) is 0 Å². The van der Waals surface area contributed by atoms with E-state index in [-0.39, 0.29) is 11.5 Å². The van der Waals surface area contributed by atoms with Gasteiger partial charge >= 0.3 is 0 Å². The molecule has 0 atom stereocenters. The quantitative estimate of drug-likeness (QED) is 0.721. The van der Waals surface area contributed by atoms with E-state index < -0.39 is 11.5 Å².